The van der Waals surface area contributed by atoms with Crippen molar-refractivity contribution in [1.29, 1.82) is 0 Å². The van der Waals surface area contributed by atoms with Gasteiger partial charge < -0.3 is 9.13 Å². The smallest absolute Gasteiger partial charge is 0.240 e. The SMILES string of the molecule is C1=C(c2cccc3c2c2ccccc2n3-c2ccccc2)C(c2cccc3c2c2ccccc2n3-c2ccccc2)=C[Si]12c1ccccc1B(c1ccccc1)c1ccccc12. The largest absolute Gasteiger partial charge is 0.309 e. The van der Waals surface area contributed by atoms with Crippen molar-refractivity contribution in [3.8, 4) is 11.4 Å². The first-order chi connectivity index (χ1) is 30.8. The Morgan fingerprint density at radius 3 is 1.19 bits per heavy atom. The van der Waals surface area contributed by atoms with E-state index in [1.54, 1.807) is 0 Å². The van der Waals surface area contributed by atoms with E-state index in [2.05, 4.69) is 245 Å². The van der Waals surface area contributed by atoms with Crippen LogP contribution in [0.25, 0.3) is 66.1 Å². The molecule has 0 aliphatic carbocycles. The van der Waals surface area contributed by atoms with Crippen LogP contribution in [0.5, 0.6) is 0 Å². The van der Waals surface area contributed by atoms with Crippen molar-refractivity contribution in [2.45, 2.75) is 0 Å². The fourth-order valence-corrected chi connectivity index (χ4v) is 15.9. The molecule has 2 aromatic heterocycles. The average molecular weight is 803 g/mol. The number of fused-ring (bicyclic) bond motifs is 10. The Balaban J connectivity index is 1.17. The lowest BCUT2D eigenvalue weighted by atomic mass is 9.36. The van der Waals surface area contributed by atoms with Gasteiger partial charge in [-0.1, -0.05) is 214 Å². The third kappa shape index (κ3) is 4.99. The average Bonchev–Trinajstić information content (AvgIpc) is 4.02. The molecule has 0 unspecified atom stereocenters. The van der Waals surface area contributed by atoms with E-state index in [0.29, 0.717) is 0 Å². The number of rotatable bonds is 5. The minimum atomic E-state index is -2.79. The highest BCUT2D eigenvalue weighted by Gasteiger charge is 2.48. The van der Waals surface area contributed by atoms with Gasteiger partial charge in [-0.15, -0.1) is 0 Å². The molecular weight excluding hydrogens is 764 g/mol. The van der Waals surface area contributed by atoms with Gasteiger partial charge in [-0.05, 0) is 70.8 Å². The fraction of sp³-hybridized carbons (Fsp3) is 0. The molecule has 0 fully saturated rings. The van der Waals surface area contributed by atoms with Crippen LogP contribution in [-0.4, -0.2) is 23.9 Å². The molecule has 1 spiro atoms. The number of nitrogens with zero attached hydrogens (tertiary/aromatic N) is 2. The molecule has 13 rings (SSSR count). The molecule has 4 heterocycles. The molecule has 0 saturated heterocycles. The molecule has 0 atom stereocenters. The minimum absolute atomic E-state index is 0.149. The summed E-state index contributed by atoms with van der Waals surface area (Å²) in [6.45, 7) is 0.149. The van der Waals surface area contributed by atoms with Gasteiger partial charge in [0.15, 0.2) is 8.07 Å². The molecule has 2 aliphatic heterocycles. The van der Waals surface area contributed by atoms with Crippen LogP contribution in [0.15, 0.2) is 236 Å². The first-order valence-corrected chi connectivity index (χ1v) is 23.8. The zero-order valence-corrected chi connectivity index (χ0v) is 35.0. The summed E-state index contributed by atoms with van der Waals surface area (Å²) in [6.07, 6.45) is 0. The van der Waals surface area contributed by atoms with Gasteiger partial charge in [0.05, 0.1) is 22.1 Å². The number of benzene rings is 9. The zero-order chi connectivity index (χ0) is 40.8. The molecule has 62 heavy (non-hydrogen) atoms. The maximum atomic E-state index is 2.76. The summed E-state index contributed by atoms with van der Waals surface area (Å²) in [5.74, 6) is 0. The lowest BCUT2D eigenvalue weighted by molar-refractivity contribution is 1.18. The molecule has 2 aliphatic rings. The van der Waals surface area contributed by atoms with Crippen molar-refractivity contribution in [2.75, 3.05) is 0 Å². The normalized spacial score (nSPS) is 14.1. The van der Waals surface area contributed by atoms with Crippen LogP contribution in [0.3, 0.4) is 0 Å². The van der Waals surface area contributed by atoms with Gasteiger partial charge in [-0.3, -0.25) is 0 Å². The number of allylic oxidation sites excluding steroid dienone is 2. The van der Waals surface area contributed by atoms with E-state index in [0.717, 1.165) is 0 Å². The van der Waals surface area contributed by atoms with Gasteiger partial charge in [0.2, 0.25) is 6.71 Å². The van der Waals surface area contributed by atoms with Crippen molar-refractivity contribution in [1.82, 2.24) is 9.13 Å². The highest BCUT2D eigenvalue weighted by molar-refractivity contribution is 7.20. The first-order valence-electron chi connectivity index (χ1n) is 21.6. The van der Waals surface area contributed by atoms with E-state index in [1.807, 2.05) is 0 Å². The topological polar surface area (TPSA) is 9.86 Å². The zero-order valence-electron chi connectivity index (χ0n) is 34.0. The fourth-order valence-electron chi connectivity index (χ4n) is 11.2. The van der Waals surface area contributed by atoms with Crippen LogP contribution < -0.4 is 26.8 Å². The van der Waals surface area contributed by atoms with Crippen molar-refractivity contribution >= 4 is 96.3 Å². The summed E-state index contributed by atoms with van der Waals surface area (Å²) in [4.78, 5) is 0. The van der Waals surface area contributed by atoms with E-state index < -0.39 is 8.07 Å². The van der Waals surface area contributed by atoms with E-state index in [-0.39, 0.29) is 6.71 Å². The summed E-state index contributed by atoms with van der Waals surface area (Å²) in [6, 6.07) is 83.4. The monoisotopic (exact) mass is 802 g/mol. The Morgan fingerprint density at radius 1 is 0.323 bits per heavy atom. The Hall–Kier alpha value is -7.66. The molecule has 0 saturated carbocycles. The number of hydrogen-bond donors (Lipinski definition) is 0. The molecule has 4 heteroatoms. The van der Waals surface area contributed by atoms with Gasteiger partial charge in [0.25, 0.3) is 0 Å². The molecule has 9 aromatic carbocycles. The molecule has 288 valence electrons. The molecule has 11 aromatic rings. The summed E-state index contributed by atoms with van der Waals surface area (Å²) in [5, 5.41) is 8.03. The Labute approximate surface area is 362 Å². The lowest BCUT2D eigenvalue weighted by Crippen LogP contribution is -2.77. The Bertz CT molecular complexity index is 3410. The van der Waals surface area contributed by atoms with Crippen LogP contribution in [0.1, 0.15) is 11.1 Å². The minimum Gasteiger partial charge on any atom is -0.309 e. The Morgan fingerprint density at radius 2 is 0.710 bits per heavy atom. The summed E-state index contributed by atoms with van der Waals surface area (Å²) >= 11 is 0. The molecule has 0 bridgehead atoms. The van der Waals surface area contributed by atoms with Crippen molar-refractivity contribution in [3.63, 3.8) is 0 Å². The second-order valence-electron chi connectivity index (χ2n) is 16.8. The third-order valence-corrected chi connectivity index (χ3v) is 17.8. The predicted octanol–water partition coefficient (Wildman–Crippen LogP) is 10.5. The van der Waals surface area contributed by atoms with Crippen molar-refractivity contribution < 1.29 is 0 Å². The summed E-state index contributed by atoms with van der Waals surface area (Å²) in [7, 11) is -2.79. The van der Waals surface area contributed by atoms with Crippen LogP contribution in [0.4, 0.5) is 0 Å². The van der Waals surface area contributed by atoms with Crippen molar-refractivity contribution in [3.05, 3.63) is 247 Å². The van der Waals surface area contributed by atoms with Gasteiger partial charge in [-0.25, -0.2) is 0 Å². The van der Waals surface area contributed by atoms with Crippen molar-refractivity contribution in [2.24, 2.45) is 0 Å². The van der Waals surface area contributed by atoms with Crippen LogP contribution >= 0.6 is 0 Å². The van der Waals surface area contributed by atoms with Gasteiger partial charge in [0, 0.05) is 32.9 Å². The molecule has 0 amide bonds. The third-order valence-electron chi connectivity index (χ3n) is 13.6. The van der Waals surface area contributed by atoms with Crippen LogP contribution in [0, 0.1) is 0 Å². The lowest BCUT2D eigenvalue weighted by Gasteiger charge is -2.37. The van der Waals surface area contributed by atoms with E-state index in [4.69, 9.17) is 0 Å². The first kappa shape index (κ1) is 35.1. The van der Waals surface area contributed by atoms with Gasteiger partial charge >= 0.3 is 0 Å². The highest BCUT2D eigenvalue weighted by Crippen LogP contribution is 2.48. The second kappa shape index (κ2) is 13.7. The maximum Gasteiger partial charge on any atom is 0.240 e. The predicted molar refractivity (Wildman–Crippen MR) is 267 cm³/mol. The van der Waals surface area contributed by atoms with Gasteiger partial charge in [0.1, 0.15) is 0 Å². The van der Waals surface area contributed by atoms with Crippen LogP contribution in [0.2, 0.25) is 0 Å². The summed E-state index contributed by atoms with van der Waals surface area (Å²) < 4.78 is 4.90. The molecule has 2 nitrogen and oxygen atoms in total. The number of para-hydroxylation sites is 4. The van der Waals surface area contributed by atoms with E-state index >= 15 is 0 Å². The van der Waals surface area contributed by atoms with Crippen LogP contribution in [-0.2, 0) is 0 Å². The maximum absolute atomic E-state index is 2.79. The quantitative estimate of drug-likeness (QED) is 0.153. The van der Waals surface area contributed by atoms with E-state index in [1.165, 1.54) is 104 Å². The molecule has 0 radical (unpaired) electrons. The second-order valence-corrected chi connectivity index (χ2v) is 20.2. The molecular formula is C58H39BN2Si. The van der Waals surface area contributed by atoms with Gasteiger partial charge in [-0.2, -0.15) is 0 Å². The number of aromatic nitrogens is 2. The van der Waals surface area contributed by atoms with E-state index in [9.17, 15) is 0 Å². The summed E-state index contributed by atoms with van der Waals surface area (Å²) in [5.41, 5.74) is 22.0. The standard InChI is InChI=1S/C58H39BN2Si/c1-4-20-40(21-5-1)59-49-30-12-16-36-55(49)62(56-37-17-13-31-50(56)59)38-47(43-28-18-34-53-57(43)45-26-10-14-32-51(45)60(53)41-22-6-2-7-23-41)48(39-62)44-29-19-35-54-58(44)46-27-11-15-33-52(46)61(54)42-24-8-3-9-25-42/h1-39H. The number of hydrogen-bond acceptors (Lipinski definition) is 0. The highest BCUT2D eigenvalue weighted by atomic mass is 28.3. The molecule has 0 N–H and O–H groups in total. The Kier molecular flexibility index (Phi) is 7.75.